The molecule has 3 nitrogen and oxygen atoms in total. The molecule has 1 fully saturated rings. The van der Waals surface area contributed by atoms with Crippen LogP contribution in [0.2, 0.25) is 0 Å². The number of methoxy groups -OCH3 is 1. The van der Waals surface area contributed by atoms with Crippen molar-refractivity contribution < 1.29 is 9.53 Å². The number of carbonyl (C=O) groups excluding carboxylic acids is 1. The Morgan fingerprint density at radius 2 is 2.00 bits per heavy atom. The maximum Gasteiger partial charge on any atom is 0.176 e. The number of carbonyl (C=O) groups is 1. The zero-order valence-electron chi connectivity index (χ0n) is 11.4. The highest BCUT2D eigenvalue weighted by molar-refractivity contribution is 5.97. The van der Waals surface area contributed by atoms with E-state index in [-0.39, 0.29) is 5.78 Å². The van der Waals surface area contributed by atoms with Gasteiger partial charge in [0.25, 0.3) is 0 Å². The number of benzene rings is 1. The normalized spacial score (nSPS) is 18.8. The molecule has 1 heterocycles. The maximum absolute atomic E-state index is 12.1. The standard InChI is InChI=1S/C15H21NO2/c1-15(2)8-9-16(11-15)10-14(17)12-4-6-13(18-3)7-5-12/h4-7H,8-11H2,1-3H3. The second kappa shape index (κ2) is 5.11. The number of hydrogen-bond donors (Lipinski definition) is 0. The van der Waals surface area contributed by atoms with E-state index in [2.05, 4.69) is 18.7 Å². The summed E-state index contributed by atoms with van der Waals surface area (Å²) in [5.74, 6) is 0.976. The van der Waals surface area contributed by atoms with Crippen molar-refractivity contribution in [3.63, 3.8) is 0 Å². The van der Waals surface area contributed by atoms with Crippen molar-refractivity contribution in [2.24, 2.45) is 5.41 Å². The van der Waals surface area contributed by atoms with E-state index in [0.717, 1.165) is 24.4 Å². The zero-order chi connectivity index (χ0) is 13.2. The van der Waals surface area contributed by atoms with E-state index < -0.39 is 0 Å². The van der Waals surface area contributed by atoms with Crippen molar-refractivity contribution in [2.75, 3.05) is 26.7 Å². The first-order chi connectivity index (χ1) is 8.50. The summed E-state index contributed by atoms with van der Waals surface area (Å²) in [6.07, 6.45) is 1.17. The van der Waals surface area contributed by atoms with Crippen LogP contribution in [0.15, 0.2) is 24.3 Å². The van der Waals surface area contributed by atoms with Gasteiger partial charge in [0.1, 0.15) is 5.75 Å². The Morgan fingerprint density at radius 3 is 2.50 bits per heavy atom. The molecule has 0 saturated carbocycles. The van der Waals surface area contributed by atoms with E-state index in [0.29, 0.717) is 12.0 Å². The van der Waals surface area contributed by atoms with Crippen LogP contribution >= 0.6 is 0 Å². The zero-order valence-corrected chi connectivity index (χ0v) is 11.4. The van der Waals surface area contributed by atoms with Crippen molar-refractivity contribution in [1.29, 1.82) is 0 Å². The quantitative estimate of drug-likeness (QED) is 0.766. The average molecular weight is 247 g/mol. The minimum Gasteiger partial charge on any atom is -0.497 e. The molecule has 0 amide bonds. The highest BCUT2D eigenvalue weighted by Gasteiger charge is 2.30. The van der Waals surface area contributed by atoms with Crippen molar-refractivity contribution in [3.8, 4) is 5.75 Å². The molecule has 0 N–H and O–H groups in total. The van der Waals surface area contributed by atoms with Gasteiger partial charge in [-0.05, 0) is 42.6 Å². The van der Waals surface area contributed by atoms with Crippen molar-refractivity contribution in [3.05, 3.63) is 29.8 Å². The fourth-order valence-electron chi connectivity index (χ4n) is 2.43. The lowest BCUT2D eigenvalue weighted by Crippen LogP contribution is -2.29. The fourth-order valence-corrected chi connectivity index (χ4v) is 2.43. The van der Waals surface area contributed by atoms with Crippen LogP contribution in [0.25, 0.3) is 0 Å². The van der Waals surface area contributed by atoms with Gasteiger partial charge in [-0.15, -0.1) is 0 Å². The van der Waals surface area contributed by atoms with Crippen LogP contribution < -0.4 is 4.74 Å². The highest BCUT2D eigenvalue weighted by atomic mass is 16.5. The van der Waals surface area contributed by atoms with Crippen molar-refractivity contribution >= 4 is 5.78 Å². The van der Waals surface area contributed by atoms with Crippen LogP contribution in [0.1, 0.15) is 30.6 Å². The Kier molecular flexibility index (Phi) is 3.71. The van der Waals surface area contributed by atoms with Gasteiger partial charge in [-0.25, -0.2) is 0 Å². The minimum atomic E-state index is 0.190. The number of Topliss-reactive ketones (excluding diaryl/α,β-unsaturated/α-hetero) is 1. The predicted molar refractivity (Wildman–Crippen MR) is 72.2 cm³/mol. The number of hydrogen-bond acceptors (Lipinski definition) is 3. The van der Waals surface area contributed by atoms with Gasteiger partial charge in [0.2, 0.25) is 0 Å². The Bertz CT molecular complexity index is 423. The lowest BCUT2D eigenvalue weighted by atomic mass is 9.93. The lowest BCUT2D eigenvalue weighted by molar-refractivity contribution is 0.0940. The fraction of sp³-hybridized carbons (Fsp3) is 0.533. The summed E-state index contributed by atoms with van der Waals surface area (Å²) in [6, 6.07) is 7.34. The number of ketones is 1. The second-order valence-electron chi connectivity index (χ2n) is 5.78. The molecule has 18 heavy (non-hydrogen) atoms. The maximum atomic E-state index is 12.1. The predicted octanol–water partition coefficient (Wildman–Crippen LogP) is 2.61. The summed E-state index contributed by atoms with van der Waals surface area (Å²) in [6.45, 7) is 7.06. The molecule has 0 radical (unpaired) electrons. The monoisotopic (exact) mass is 247 g/mol. The van der Waals surface area contributed by atoms with Crippen LogP contribution in [0.4, 0.5) is 0 Å². The summed E-state index contributed by atoms with van der Waals surface area (Å²) in [7, 11) is 1.63. The third-order valence-corrected chi connectivity index (χ3v) is 3.54. The first kappa shape index (κ1) is 13.1. The Hall–Kier alpha value is -1.35. The molecular formula is C15H21NO2. The van der Waals surface area contributed by atoms with Crippen molar-refractivity contribution in [1.82, 2.24) is 4.90 Å². The summed E-state index contributed by atoms with van der Waals surface area (Å²) >= 11 is 0. The molecule has 2 rings (SSSR count). The molecule has 1 saturated heterocycles. The minimum absolute atomic E-state index is 0.190. The topological polar surface area (TPSA) is 29.5 Å². The molecule has 1 aromatic carbocycles. The number of rotatable bonds is 4. The van der Waals surface area contributed by atoms with Crippen LogP contribution in [-0.4, -0.2) is 37.4 Å². The van der Waals surface area contributed by atoms with Gasteiger partial charge in [-0.1, -0.05) is 13.8 Å². The first-order valence-corrected chi connectivity index (χ1v) is 6.40. The van der Waals surface area contributed by atoms with Crippen LogP contribution in [-0.2, 0) is 0 Å². The molecule has 0 atom stereocenters. The number of nitrogens with zero attached hydrogens (tertiary/aromatic N) is 1. The Balaban J connectivity index is 1.95. The molecule has 0 bridgehead atoms. The molecule has 0 aliphatic carbocycles. The summed E-state index contributed by atoms with van der Waals surface area (Å²) in [5, 5.41) is 0. The molecule has 0 aromatic heterocycles. The molecular weight excluding hydrogens is 226 g/mol. The van der Waals surface area contributed by atoms with E-state index in [9.17, 15) is 4.79 Å². The van der Waals surface area contributed by atoms with E-state index in [1.165, 1.54) is 6.42 Å². The van der Waals surface area contributed by atoms with Gasteiger partial charge in [0.05, 0.1) is 13.7 Å². The first-order valence-electron chi connectivity index (χ1n) is 6.40. The van der Waals surface area contributed by atoms with Gasteiger partial charge in [0.15, 0.2) is 5.78 Å². The largest absolute Gasteiger partial charge is 0.497 e. The van der Waals surface area contributed by atoms with E-state index in [1.54, 1.807) is 7.11 Å². The third-order valence-electron chi connectivity index (χ3n) is 3.54. The molecule has 3 heteroatoms. The SMILES string of the molecule is COc1ccc(C(=O)CN2CCC(C)(C)C2)cc1. The van der Waals surface area contributed by atoms with Gasteiger partial charge < -0.3 is 4.74 Å². The van der Waals surface area contributed by atoms with Gasteiger partial charge in [0, 0.05) is 12.1 Å². The third kappa shape index (κ3) is 3.10. The van der Waals surface area contributed by atoms with E-state index in [4.69, 9.17) is 4.74 Å². The second-order valence-corrected chi connectivity index (χ2v) is 5.78. The highest BCUT2D eigenvalue weighted by Crippen LogP contribution is 2.28. The van der Waals surface area contributed by atoms with Crippen LogP contribution in [0.5, 0.6) is 5.75 Å². The van der Waals surface area contributed by atoms with E-state index in [1.807, 2.05) is 24.3 Å². The van der Waals surface area contributed by atoms with Gasteiger partial charge >= 0.3 is 0 Å². The Labute approximate surface area is 109 Å². The number of ether oxygens (including phenoxy) is 1. The molecule has 98 valence electrons. The van der Waals surface area contributed by atoms with Gasteiger partial charge in [-0.3, -0.25) is 9.69 Å². The Morgan fingerprint density at radius 1 is 1.33 bits per heavy atom. The average Bonchev–Trinajstić information content (AvgIpc) is 2.68. The molecule has 1 aliphatic heterocycles. The molecule has 0 unspecified atom stereocenters. The summed E-state index contributed by atoms with van der Waals surface area (Å²) in [4.78, 5) is 14.4. The number of likely N-dealkylation sites (tertiary alicyclic amines) is 1. The van der Waals surface area contributed by atoms with Crippen molar-refractivity contribution in [2.45, 2.75) is 20.3 Å². The molecule has 1 aromatic rings. The smallest absolute Gasteiger partial charge is 0.176 e. The molecule has 1 aliphatic rings. The summed E-state index contributed by atoms with van der Waals surface area (Å²) < 4.78 is 5.09. The van der Waals surface area contributed by atoms with Crippen LogP contribution in [0, 0.1) is 5.41 Å². The van der Waals surface area contributed by atoms with Gasteiger partial charge in [-0.2, -0.15) is 0 Å². The van der Waals surface area contributed by atoms with Crippen LogP contribution in [0.3, 0.4) is 0 Å². The van der Waals surface area contributed by atoms with E-state index >= 15 is 0 Å². The summed E-state index contributed by atoms with van der Waals surface area (Å²) in [5.41, 5.74) is 1.11. The lowest BCUT2D eigenvalue weighted by Gasteiger charge is -2.18. The molecule has 0 spiro atoms.